The van der Waals surface area contributed by atoms with Crippen molar-refractivity contribution in [1.82, 2.24) is 49.5 Å². The summed E-state index contributed by atoms with van der Waals surface area (Å²) in [7, 11) is 3.52. The molecule has 0 unspecified atom stereocenters. The number of hydrogen-bond donors (Lipinski definition) is 6. The van der Waals surface area contributed by atoms with Gasteiger partial charge >= 0.3 is 0 Å². The van der Waals surface area contributed by atoms with E-state index in [2.05, 4.69) is 93.9 Å². The average molecular weight is 1020 g/mol. The molecule has 0 radical (unpaired) electrons. The van der Waals surface area contributed by atoms with Crippen LogP contribution in [0.4, 0.5) is 58.4 Å². The summed E-state index contributed by atoms with van der Waals surface area (Å²) in [6, 6.07) is 28.9. The van der Waals surface area contributed by atoms with Gasteiger partial charge in [0.2, 0.25) is 35.7 Å². The fourth-order valence-corrected chi connectivity index (χ4v) is 9.07. The number of piperazine rings is 2. The van der Waals surface area contributed by atoms with Gasteiger partial charge in [-0.15, -0.1) is 4.33 Å². The van der Waals surface area contributed by atoms with Crippen LogP contribution in [0.2, 0.25) is 0 Å². The molecule has 0 aliphatic carbocycles. The van der Waals surface area contributed by atoms with E-state index in [4.69, 9.17) is 29.5 Å². The quantitative estimate of drug-likeness (QED) is 0.0145. The zero-order valence-corrected chi connectivity index (χ0v) is 42.2. The van der Waals surface area contributed by atoms with E-state index in [-0.39, 0.29) is 22.4 Å². The lowest BCUT2D eigenvalue weighted by atomic mass is 10.1. The first-order valence-electron chi connectivity index (χ1n) is 23.4. The molecular formula is C48H60N16O6S2. The summed E-state index contributed by atoms with van der Waals surface area (Å²) in [5.41, 5.74) is 3.20. The normalized spacial score (nSPS) is 14.9. The second kappa shape index (κ2) is 24.7. The standard InChI is InChI=1S/C48H60N16O6S2/c1-59(2)21-23-61-25-29-63(30-26-61)47-55-43(49-37-11-7-5-8-12-37)53-45(57-47)51-39-19-17-35(41(33-39)71-70-69-65)15-16-36-18-20-40(34-42(36)72(66,67)68)52-46-54-44(50-38-13-9-6-10-14-38)56-48(58-46)64-31-27-62(28-32-64)24-22-60(3)4/h5-20,33-34,65H,21-32H2,1-4H3,(H,66,67,68)(H2,49,51,53,55,57)(H2,50,52,54,56,58)/b16-15+. The lowest BCUT2D eigenvalue weighted by Crippen LogP contribution is -2.48. The Morgan fingerprint density at radius 1 is 0.569 bits per heavy atom. The topological polar surface area (TPSA) is 238 Å². The fraction of sp³-hybridized carbons (Fsp3) is 0.333. The molecule has 0 saturated carbocycles. The molecule has 22 nitrogen and oxygen atoms in total. The first-order valence-corrected chi connectivity index (χ1v) is 25.5. The van der Waals surface area contributed by atoms with E-state index in [9.17, 15) is 13.0 Å². The Kier molecular flexibility index (Phi) is 17.8. The van der Waals surface area contributed by atoms with E-state index in [0.717, 1.165) is 88.9 Å². The Morgan fingerprint density at radius 2 is 0.986 bits per heavy atom. The Bertz CT molecular complexity index is 2860. The molecule has 0 spiro atoms. The molecule has 2 fully saturated rings. The minimum atomic E-state index is -4.75. The van der Waals surface area contributed by atoms with Crippen molar-refractivity contribution in [2.75, 3.05) is 138 Å². The smallest absolute Gasteiger partial charge is 0.295 e. The third-order valence-electron chi connectivity index (χ3n) is 11.8. The predicted octanol–water partition coefficient (Wildman–Crippen LogP) is 6.24. The Balaban J connectivity index is 1.02. The van der Waals surface area contributed by atoms with Crippen LogP contribution in [0.15, 0.2) is 107 Å². The second-order valence-corrected chi connectivity index (χ2v) is 19.7. The monoisotopic (exact) mass is 1020 g/mol. The molecule has 72 heavy (non-hydrogen) atoms. The summed E-state index contributed by atoms with van der Waals surface area (Å²) in [5, 5.41) is 26.1. The van der Waals surface area contributed by atoms with Crippen molar-refractivity contribution in [2.45, 2.75) is 9.79 Å². The molecule has 24 heteroatoms. The highest BCUT2D eigenvalue weighted by molar-refractivity contribution is 7.94. The van der Waals surface area contributed by atoms with Crippen molar-refractivity contribution < 1.29 is 27.6 Å². The molecule has 2 saturated heterocycles. The maximum atomic E-state index is 13.0. The third kappa shape index (κ3) is 15.0. The van der Waals surface area contributed by atoms with Gasteiger partial charge in [-0.1, -0.05) is 65.7 Å². The zero-order valence-electron chi connectivity index (χ0n) is 40.6. The molecular weight excluding hydrogens is 961 g/mol. The Morgan fingerprint density at radius 3 is 1.42 bits per heavy atom. The van der Waals surface area contributed by atoms with Crippen molar-refractivity contribution >= 4 is 92.8 Å². The summed E-state index contributed by atoms with van der Waals surface area (Å²) in [5.74, 6) is 2.08. The van der Waals surface area contributed by atoms with Crippen LogP contribution in [0.3, 0.4) is 0 Å². The Hall–Kier alpha value is -6.58. The van der Waals surface area contributed by atoms with Crippen LogP contribution in [0.5, 0.6) is 0 Å². The molecule has 2 aliphatic rings. The highest BCUT2D eigenvalue weighted by Gasteiger charge is 2.24. The summed E-state index contributed by atoms with van der Waals surface area (Å²) in [6.07, 6.45) is 3.19. The van der Waals surface area contributed by atoms with Crippen LogP contribution in [-0.4, -0.2) is 174 Å². The first kappa shape index (κ1) is 51.8. The number of benzene rings is 4. The lowest BCUT2D eigenvalue weighted by Gasteiger charge is -2.35. The molecule has 0 amide bonds. The van der Waals surface area contributed by atoms with Gasteiger partial charge in [-0.05, 0) is 87.8 Å². The van der Waals surface area contributed by atoms with Crippen molar-refractivity contribution in [1.29, 1.82) is 0 Å². The van der Waals surface area contributed by atoms with Gasteiger partial charge in [0.25, 0.3) is 10.1 Å². The van der Waals surface area contributed by atoms with E-state index in [1.54, 1.807) is 42.5 Å². The number of rotatable bonds is 22. The van der Waals surface area contributed by atoms with E-state index >= 15 is 0 Å². The van der Waals surface area contributed by atoms with E-state index < -0.39 is 10.1 Å². The third-order valence-corrected chi connectivity index (χ3v) is 13.3. The van der Waals surface area contributed by atoms with Gasteiger partial charge in [-0.25, -0.2) is 5.26 Å². The van der Waals surface area contributed by atoms with Crippen molar-refractivity contribution in [2.24, 2.45) is 0 Å². The van der Waals surface area contributed by atoms with E-state index in [1.165, 1.54) is 6.07 Å². The van der Waals surface area contributed by atoms with Crippen LogP contribution >= 0.6 is 12.0 Å². The number of likely N-dealkylation sites (N-methyl/N-ethyl adjacent to an activating group) is 2. The van der Waals surface area contributed by atoms with Crippen LogP contribution in [0.25, 0.3) is 12.2 Å². The maximum absolute atomic E-state index is 13.0. The molecule has 0 bridgehead atoms. The molecule has 4 heterocycles. The van der Waals surface area contributed by atoms with Gasteiger partial charge in [-0.3, -0.25) is 14.4 Å². The fourth-order valence-electron chi connectivity index (χ4n) is 7.85. The highest BCUT2D eigenvalue weighted by atomic mass is 32.2. The molecule has 380 valence electrons. The summed E-state index contributed by atoms with van der Waals surface area (Å²) in [6.45, 7) is 10.2. The van der Waals surface area contributed by atoms with Crippen LogP contribution in [0, 0.1) is 0 Å². The van der Waals surface area contributed by atoms with Crippen molar-refractivity contribution in [3.63, 3.8) is 0 Å². The summed E-state index contributed by atoms with van der Waals surface area (Å²) < 4.78 is 41.3. The number of hydrogen-bond acceptors (Lipinski definition) is 22. The summed E-state index contributed by atoms with van der Waals surface area (Å²) >= 11 is 0.719. The zero-order chi connectivity index (χ0) is 50.5. The maximum Gasteiger partial charge on any atom is 0.295 e. The molecule has 4 aromatic carbocycles. The average Bonchev–Trinajstić information content (AvgIpc) is 3.37. The van der Waals surface area contributed by atoms with Crippen molar-refractivity contribution in [3.8, 4) is 0 Å². The first-order chi connectivity index (χ1) is 34.8. The van der Waals surface area contributed by atoms with Gasteiger partial charge in [0, 0.05) is 106 Å². The van der Waals surface area contributed by atoms with Crippen LogP contribution in [0.1, 0.15) is 11.1 Å². The van der Waals surface area contributed by atoms with Gasteiger partial charge in [0.15, 0.2) is 0 Å². The minimum Gasteiger partial charge on any atom is -0.338 e. The number of nitrogens with one attached hydrogen (secondary N) is 4. The lowest BCUT2D eigenvalue weighted by molar-refractivity contribution is -0.432. The van der Waals surface area contributed by atoms with Crippen LogP contribution in [-0.2, 0) is 19.5 Å². The van der Waals surface area contributed by atoms with E-state index in [0.29, 0.717) is 58.7 Å². The molecule has 2 aromatic heterocycles. The van der Waals surface area contributed by atoms with E-state index in [1.807, 2.05) is 60.7 Å². The summed E-state index contributed by atoms with van der Waals surface area (Å²) in [4.78, 5) is 41.9. The number of aromatic nitrogens is 6. The van der Waals surface area contributed by atoms with Gasteiger partial charge in [-0.2, -0.15) is 38.3 Å². The largest absolute Gasteiger partial charge is 0.338 e. The van der Waals surface area contributed by atoms with Gasteiger partial charge in [0.05, 0.1) is 12.0 Å². The second-order valence-electron chi connectivity index (χ2n) is 17.6. The SMILES string of the molecule is CN(C)CCN1CCN(c2nc(Nc3ccccc3)nc(Nc3ccc(/C=C/c4ccc(Nc5nc(Nc6ccccc6)nc(N6CCN(CCN(C)C)CC6)n5)cc4S(=O)(=O)O)c(SOOO)c3)n2)CC1. The molecule has 8 rings (SSSR count). The molecule has 2 aliphatic heterocycles. The molecule has 0 atom stereocenters. The van der Waals surface area contributed by atoms with Crippen molar-refractivity contribution in [3.05, 3.63) is 108 Å². The number of nitrogens with zero attached hydrogens (tertiary/aromatic N) is 12. The minimum absolute atomic E-state index is 0.172. The van der Waals surface area contributed by atoms with Gasteiger partial charge < -0.3 is 40.9 Å². The predicted molar refractivity (Wildman–Crippen MR) is 282 cm³/mol. The Labute approximate surface area is 424 Å². The number of anilines is 10. The highest BCUT2D eigenvalue weighted by Crippen LogP contribution is 2.32. The molecule has 6 N–H and O–H groups in total. The van der Waals surface area contributed by atoms with Crippen LogP contribution < -0.4 is 31.1 Å². The molecule has 6 aromatic rings. The number of para-hydroxylation sites is 2. The van der Waals surface area contributed by atoms with Gasteiger partial charge in [0.1, 0.15) is 4.90 Å².